The highest BCUT2D eigenvalue weighted by Gasteiger charge is 2.32. The minimum Gasteiger partial charge on any atom is -0.339 e. The number of rotatable bonds is 2. The largest absolute Gasteiger partial charge is 0.416 e. The van der Waals surface area contributed by atoms with Gasteiger partial charge in [-0.15, -0.1) is 11.3 Å². The van der Waals surface area contributed by atoms with Gasteiger partial charge < -0.3 is 9.80 Å². The summed E-state index contributed by atoms with van der Waals surface area (Å²) in [6.07, 6.45) is -4.43. The summed E-state index contributed by atoms with van der Waals surface area (Å²) < 4.78 is 38.7. The number of amides is 2. The lowest BCUT2D eigenvalue weighted by Crippen LogP contribution is -2.53. The lowest BCUT2D eigenvalue weighted by atomic mass is 9.94. The Morgan fingerprint density at radius 3 is 2.24 bits per heavy atom. The van der Waals surface area contributed by atoms with Crippen molar-refractivity contribution in [2.75, 3.05) is 26.2 Å². The zero-order valence-corrected chi connectivity index (χ0v) is 17.2. The van der Waals surface area contributed by atoms with E-state index >= 15 is 0 Å². The van der Waals surface area contributed by atoms with Crippen molar-refractivity contribution in [3.63, 3.8) is 0 Å². The van der Waals surface area contributed by atoms with Gasteiger partial charge in [0.2, 0.25) is 5.91 Å². The van der Waals surface area contributed by atoms with Crippen molar-refractivity contribution in [1.29, 1.82) is 0 Å². The fraction of sp³-hybridized carbons (Fsp3) is 0.450. The summed E-state index contributed by atoms with van der Waals surface area (Å²) >= 11 is 1.13. The molecule has 0 spiro atoms. The van der Waals surface area contributed by atoms with Crippen LogP contribution in [0.2, 0.25) is 0 Å². The molecular formula is C20H22F3N3O2S. The summed E-state index contributed by atoms with van der Waals surface area (Å²) in [5.74, 6) is -0.229. The van der Waals surface area contributed by atoms with E-state index in [1.165, 1.54) is 6.07 Å². The molecule has 2 amide bonds. The van der Waals surface area contributed by atoms with E-state index in [2.05, 4.69) is 4.98 Å². The average Bonchev–Trinajstić information content (AvgIpc) is 3.16. The van der Waals surface area contributed by atoms with Crippen LogP contribution in [0.4, 0.5) is 13.2 Å². The van der Waals surface area contributed by atoms with Gasteiger partial charge in [0, 0.05) is 42.5 Å². The second-order valence-electron chi connectivity index (χ2n) is 7.95. The standard InChI is InChI=1S/C20H22F3N3O2S/c1-19(2,3)18(28)26-9-7-25(8-10-26)17(27)15-12-29-16(24-15)13-5-4-6-14(11-13)20(21,22)23/h4-6,11-12H,7-10H2,1-3H3. The molecule has 9 heteroatoms. The molecule has 0 aliphatic carbocycles. The third kappa shape index (κ3) is 4.77. The van der Waals surface area contributed by atoms with E-state index in [9.17, 15) is 22.8 Å². The molecule has 0 bridgehead atoms. The molecule has 1 aliphatic heterocycles. The first-order valence-electron chi connectivity index (χ1n) is 9.18. The molecule has 2 aromatic rings. The zero-order valence-electron chi connectivity index (χ0n) is 16.4. The van der Waals surface area contributed by atoms with Gasteiger partial charge in [0.1, 0.15) is 10.7 Å². The SMILES string of the molecule is CC(C)(C)C(=O)N1CCN(C(=O)c2csc(-c3cccc(C(F)(F)F)c3)n2)CC1. The summed E-state index contributed by atoms with van der Waals surface area (Å²) in [7, 11) is 0. The molecule has 29 heavy (non-hydrogen) atoms. The van der Waals surface area contributed by atoms with Crippen LogP contribution in [0.15, 0.2) is 29.6 Å². The van der Waals surface area contributed by atoms with Gasteiger partial charge in [-0.3, -0.25) is 9.59 Å². The quantitative estimate of drug-likeness (QED) is 0.726. The van der Waals surface area contributed by atoms with Crippen molar-refractivity contribution in [3.05, 3.63) is 40.9 Å². The summed E-state index contributed by atoms with van der Waals surface area (Å²) in [4.78, 5) is 32.7. The highest BCUT2D eigenvalue weighted by atomic mass is 32.1. The third-order valence-electron chi connectivity index (χ3n) is 4.66. The number of hydrogen-bond acceptors (Lipinski definition) is 4. The number of alkyl halides is 3. The maximum atomic E-state index is 12.9. The Bertz CT molecular complexity index is 910. The van der Waals surface area contributed by atoms with Crippen LogP contribution in [0.1, 0.15) is 36.8 Å². The number of benzene rings is 1. The molecule has 3 rings (SSSR count). The van der Waals surface area contributed by atoms with Crippen LogP contribution in [-0.4, -0.2) is 52.8 Å². The second-order valence-corrected chi connectivity index (χ2v) is 8.81. The number of carbonyl (C=O) groups is 2. The highest BCUT2D eigenvalue weighted by molar-refractivity contribution is 7.13. The minimum absolute atomic E-state index is 0.0464. The van der Waals surface area contributed by atoms with E-state index in [0.29, 0.717) is 36.8 Å². The summed E-state index contributed by atoms with van der Waals surface area (Å²) in [5.41, 5.74) is -0.693. The van der Waals surface area contributed by atoms with Gasteiger partial charge >= 0.3 is 6.18 Å². The lowest BCUT2D eigenvalue weighted by Gasteiger charge is -2.37. The number of thiazole rings is 1. The fourth-order valence-electron chi connectivity index (χ4n) is 3.08. The van der Waals surface area contributed by atoms with Crippen LogP contribution >= 0.6 is 11.3 Å². The second kappa shape index (κ2) is 7.78. The van der Waals surface area contributed by atoms with Crippen molar-refractivity contribution in [1.82, 2.24) is 14.8 Å². The summed E-state index contributed by atoms with van der Waals surface area (Å²) in [6.45, 7) is 7.28. The van der Waals surface area contributed by atoms with Crippen LogP contribution in [-0.2, 0) is 11.0 Å². The Kier molecular flexibility index (Phi) is 5.71. The van der Waals surface area contributed by atoms with Crippen LogP contribution in [0, 0.1) is 5.41 Å². The van der Waals surface area contributed by atoms with Crippen LogP contribution in [0.5, 0.6) is 0 Å². The number of hydrogen-bond donors (Lipinski definition) is 0. The number of piperazine rings is 1. The van der Waals surface area contributed by atoms with Crippen molar-refractivity contribution in [2.45, 2.75) is 26.9 Å². The molecule has 1 aromatic heterocycles. The van der Waals surface area contributed by atoms with Gasteiger partial charge in [-0.2, -0.15) is 13.2 Å². The molecule has 5 nitrogen and oxygen atoms in total. The smallest absolute Gasteiger partial charge is 0.339 e. The van der Waals surface area contributed by atoms with Crippen molar-refractivity contribution in [3.8, 4) is 10.6 Å². The van der Waals surface area contributed by atoms with Gasteiger partial charge in [0.25, 0.3) is 5.91 Å². The maximum absolute atomic E-state index is 12.9. The van der Waals surface area contributed by atoms with Gasteiger partial charge in [-0.05, 0) is 12.1 Å². The van der Waals surface area contributed by atoms with Crippen molar-refractivity contribution >= 4 is 23.2 Å². The first-order valence-corrected chi connectivity index (χ1v) is 10.1. The van der Waals surface area contributed by atoms with Crippen LogP contribution in [0.25, 0.3) is 10.6 Å². The Labute approximate surface area is 171 Å². The normalized spacial score (nSPS) is 15.5. The van der Waals surface area contributed by atoms with E-state index in [1.807, 2.05) is 20.8 Å². The molecule has 1 saturated heterocycles. The first-order chi connectivity index (χ1) is 13.5. The van der Waals surface area contributed by atoms with Crippen molar-refractivity contribution < 1.29 is 22.8 Å². The highest BCUT2D eigenvalue weighted by Crippen LogP contribution is 2.33. The van der Waals surface area contributed by atoms with E-state index in [1.54, 1.807) is 21.2 Å². The summed E-state index contributed by atoms with van der Waals surface area (Å²) in [5, 5.41) is 1.92. The molecule has 0 N–H and O–H groups in total. The first kappa shape index (κ1) is 21.3. The van der Waals surface area contributed by atoms with Crippen LogP contribution in [0.3, 0.4) is 0 Å². The number of carbonyl (C=O) groups excluding carboxylic acids is 2. The molecule has 0 radical (unpaired) electrons. The minimum atomic E-state index is -4.43. The fourth-order valence-corrected chi connectivity index (χ4v) is 3.87. The van der Waals surface area contributed by atoms with Gasteiger partial charge in [-0.25, -0.2) is 4.98 Å². The predicted octanol–water partition coefficient (Wildman–Crippen LogP) is 4.16. The molecular weight excluding hydrogens is 403 g/mol. The molecule has 0 atom stereocenters. The monoisotopic (exact) mass is 425 g/mol. The molecule has 1 aromatic carbocycles. The van der Waals surface area contributed by atoms with Gasteiger partial charge in [0.15, 0.2) is 0 Å². The molecule has 1 fully saturated rings. The number of aromatic nitrogens is 1. The Morgan fingerprint density at radius 1 is 1.03 bits per heavy atom. The Hall–Kier alpha value is -2.42. The topological polar surface area (TPSA) is 53.5 Å². The van der Waals surface area contributed by atoms with E-state index < -0.39 is 17.2 Å². The van der Waals surface area contributed by atoms with E-state index in [4.69, 9.17) is 0 Å². The van der Waals surface area contributed by atoms with E-state index in [0.717, 1.165) is 23.5 Å². The molecule has 156 valence electrons. The Morgan fingerprint density at radius 2 is 1.66 bits per heavy atom. The predicted molar refractivity (Wildman–Crippen MR) is 104 cm³/mol. The lowest BCUT2D eigenvalue weighted by molar-refractivity contribution is -0.141. The molecule has 0 unspecified atom stereocenters. The third-order valence-corrected chi connectivity index (χ3v) is 5.55. The summed E-state index contributed by atoms with van der Waals surface area (Å²) in [6, 6.07) is 4.90. The molecule has 2 heterocycles. The van der Waals surface area contributed by atoms with Crippen molar-refractivity contribution in [2.24, 2.45) is 5.41 Å². The molecule has 1 aliphatic rings. The number of nitrogens with zero attached hydrogens (tertiary/aromatic N) is 3. The maximum Gasteiger partial charge on any atom is 0.416 e. The zero-order chi connectivity index (χ0) is 21.4. The molecule has 0 saturated carbocycles. The van der Waals surface area contributed by atoms with Gasteiger partial charge in [-0.1, -0.05) is 32.9 Å². The van der Waals surface area contributed by atoms with Gasteiger partial charge in [0.05, 0.1) is 5.56 Å². The van der Waals surface area contributed by atoms with E-state index in [-0.39, 0.29) is 17.5 Å². The van der Waals surface area contributed by atoms with Crippen LogP contribution < -0.4 is 0 Å². The average molecular weight is 425 g/mol. The Balaban J connectivity index is 1.69. The number of halogens is 3.